The molecule has 2 aromatic carbocycles. The molecule has 0 fully saturated rings. The number of ether oxygens (including phenoxy) is 1. The monoisotopic (exact) mass is 683 g/mol. The molecule has 8 nitrogen and oxygen atoms in total. The van der Waals surface area contributed by atoms with Crippen LogP contribution in [0.15, 0.2) is 60.8 Å². The van der Waals surface area contributed by atoms with E-state index in [0.29, 0.717) is 30.8 Å². The van der Waals surface area contributed by atoms with Gasteiger partial charge in [-0.25, -0.2) is 13.6 Å². The molecule has 2 amide bonds. The zero-order valence-electron chi connectivity index (χ0n) is 29.4. The van der Waals surface area contributed by atoms with Crippen LogP contribution in [0.2, 0.25) is 25.7 Å². The topological polar surface area (TPSA) is 101 Å². The van der Waals surface area contributed by atoms with E-state index in [1.807, 2.05) is 68.7 Å². The molecule has 0 aliphatic carbocycles. The molecule has 11 heteroatoms. The maximum atomic E-state index is 15.1. The van der Waals surface area contributed by atoms with Gasteiger partial charge in [0.25, 0.3) is 0 Å². The molecule has 1 unspecified atom stereocenters. The minimum Gasteiger partial charge on any atom is -0.481 e. The van der Waals surface area contributed by atoms with Gasteiger partial charge in [0.2, 0.25) is 5.91 Å². The van der Waals surface area contributed by atoms with Crippen molar-refractivity contribution in [2.45, 2.75) is 91.1 Å². The average Bonchev–Trinajstić information content (AvgIpc) is 3.40. The lowest BCUT2D eigenvalue weighted by Crippen LogP contribution is -2.56. The number of carboxylic acids is 1. The van der Waals surface area contributed by atoms with Crippen molar-refractivity contribution in [2.24, 2.45) is 5.41 Å². The number of aliphatic carboxylic acids is 1. The molecule has 48 heavy (non-hydrogen) atoms. The molecule has 1 aromatic heterocycles. The Kier molecular flexibility index (Phi) is 13.1. The predicted octanol–water partition coefficient (Wildman–Crippen LogP) is 8.28. The van der Waals surface area contributed by atoms with E-state index in [-0.39, 0.29) is 43.8 Å². The molecule has 3 aromatic rings. The third kappa shape index (κ3) is 10.5. The Hall–Kier alpha value is -3.99. The Labute approximate surface area is 284 Å². The first kappa shape index (κ1) is 38.5. The Bertz CT molecular complexity index is 1550. The van der Waals surface area contributed by atoms with Crippen LogP contribution in [0.4, 0.5) is 13.6 Å². The number of carbonyl (C=O) groups excluding carboxylic acids is 2. The Morgan fingerprint density at radius 1 is 0.958 bits per heavy atom. The number of halogens is 2. The lowest BCUT2D eigenvalue weighted by Gasteiger charge is -2.51. The number of alkyl carbamates (subject to hydrolysis) is 1. The molecule has 1 heterocycles. The normalized spacial score (nSPS) is 13.1. The lowest BCUT2D eigenvalue weighted by atomic mass is 9.70. The first-order chi connectivity index (χ1) is 22.4. The molecule has 0 aliphatic heterocycles. The third-order valence-electron chi connectivity index (χ3n) is 8.83. The summed E-state index contributed by atoms with van der Waals surface area (Å²) in [4.78, 5) is 39.6. The summed E-state index contributed by atoms with van der Waals surface area (Å²) in [6.45, 7) is 15.9. The van der Waals surface area contributed by atoms with Gasteiger partial charge in [-0.05, 0) is 61.1 Å². The molecule has 1 atom stereocenters. The van der Waals surface area contributed by atoms with Gasteiger partial charge in [-0.15, -0.1) is 0 Å². The number of hydrogen-bond acceptors (Lipinski definition) is 4. The summed E-state index contributed by atoms with van der Waals surface area (Å²) in [7, 11) is -1.36. The zero-order chi connectivity index (χ0) is 35.7. The highest BCUT2D eigenvalue weighted by Crippen LogP contribution is 2.46. The standard InChI is InChI=1S/C37H51F2N3O5Si/c1-36(2,3)37(4,42(33(43)15-11-16-34(44)45)20-12-19-40-35(46)47-21-22-48(5,6)7)32-23-28(30-24-29(38)17-18-31(30)39)26-41(32)25-27-13-9-8-10-14-27/h8-10,13-14,17-18,23-24,26H,11-12,15-16,19-22,25H2,1-7H3,(H,40,46)(H,44,45). The van der Waals surface area contributed by atoms with Gasteiger partial charge in [-0.2, -0.15) is 0 Å². The van der Waals surface area contributed by atoms with E-state index in [1.165, 1.54) is 6.07 Å². The first-order valence-corrected chi connectivity index (χ1v) is 20.3. The molecule has 3 rings (SSSR count). The van der Waals surface area contributed by atoms with Crippen LogP contribution in [0.3, 0.4) is 0 Å². The van der Waals surface area contributed by atoms with E-state index in [4.69, 9.17) is 4.74 Å². The molecule has 0 saturated heterocycles. The van der Waals surface area contributed by atoms with E-state index < -0.39 is 42.7 Å². The highest BCUT2D eigenvalue weighted by Gasteiger charge is 2.48. The largest absolute Gasteiger partial charge is 0.481 e. The number of rotatable bonds is 16. The van der Waals surface area contributed by atoms with E-state index in [0.717, 1.165) is 23.7 Å². The van der Waals surface area contributed by atoms with E-state index in [2.05, 4.69) is 25.0 Å². The summed E-state index contributed by atoms with van der Waals surface area (Å²) >= 11 is 0. The van der Waals surface area contributed by atoms with Crippen molar-refractivity contribution in [3.63, 3.8) is 0 Å². The second-order valence-corrected chi connectivity index (χ2v) is 20.3. The van der Waals surface area contributed by atoms with Crippen molar-refractivity contribution < 1.29 is 33.0 Å². The van der Waals surface area contributed by atoms with E-state index >= 15 is 4.39 Å². The predicted molar refractivity (Wildman–Crippen MR) is 187 cm³/mol. The second-order valence-electron chi connectivity index (χ2n) is 14.7. The van der Waals surface area contributed by atoms with Crippen LogP contribution in [0.1, 0.15) is 64.6 Å². The van der Waals surface area contributed by atoms with Crippen molar-refractivity contribution in [3.8, 4) is 11.1 Å². The van der Waals surface area contributed by atoms with Gasteiger partial charge in [0, 0.05) is 63.6 Å². The van der Waals surface area contributed by atoms with Gasteiger partial charge in [0.15, 0.2) is 0 Å². The molecule has 0 bridgehead atoms. The number of aromatic nitrogens is 1. The fraction of sp³-hybridized carbons (Fsp3) is 0.486. The number of carbonyl (C=O) groups is 3. The van der Waals surface area contributed by atoms with E-state index in [1.54, 1.807) is 11.1 Å². The summed E-state index contributed by atoms with van der Waals surface area (Å²) in [6.07, 6.45) is 1.71. The summed E-state index contributed by atoms with van der Waals surface area (Å²) < 4.78 is 36.8. The minimum atomic E-state index is -1.36. The lowest BCUT2D eigenvalue weighted by molar-refractivity contribution is -0.144. The van der Waals surface area contributed by atoms with Crippen LogP contribution in [0.5, 0.6) is 0 Å². The highest BCUT2D eigenvalue weighted by atomic mass is 28.3. The Morgan fingerprint density at radius 2 is 1.65 bits per heavy atom. The second kappa shape index (κ2) is 16.4. The number of benzene rings is 2. The van der Waals surface area contributed by atoms with Crippen LogP contribution in [0, 0.1) is 17.0 Å². The third-order valence-corrected chi connectivity index (χ3v) is 10.5. The number of carboxylic acid groups (broad SMARTS) is 1. The summed E-state index contributed by atoms with van der Waals surface area (Å²) in [5, 5.41) is 12.0. The van der Waals surface area contributed by atoms with Gasteiger partial charge < -0.3 is 24.6 Å². The Balaban J connectivity index is 2.04. The van der Waals surface area contributed by atoms with Crippen molar-refractivity contribution in [3.05, 3.63) is 83.7 Å². The summed E-state index contributed by atoms with van der Waals surface area (Å²) in [6, 6.07) is 15.7. The van der Waals surface area contributed by atoms with Crippen LogP contribution in [-0.2, 0) is 26.4 Å². The molecule has 262 valence electrons. The van der Waals surface area contributed by atoms with Crippen molar-refractivity contribution in [1.82, 2.24) is 14.8 Å². The minimum absolute atomic E-state index is 0.00884. The van der Waals surface area contributed by atoms with Crippen LogP contribution >= 0.6 is 0 Å². The van der Waals surface area contributed by atoms with Gasteiger partial charge >= 0.3 is 12.1 Å². The molecular weight excluding hydrogens is 633 g/mol. The average molecular weight is 684 g/mol. The van der Waals surface area contributed by atoms with Crippen molar-refractivity contribution in [1.29, 1.82) is 0 Å². The quantitative estimate of drug-likeness (QED) is 0.117. The highest BCUT2D eigenvalue weighted by molar-refractivity contribution is 6.76. The van der Waals surface area contributed by atoms with Gasteiger partial charge in [-0.1, -0.05) is 70.7 Å². The number of amides is 2. The van der Waals surface area contributed by atoms with Gasteiger partial charge in [0.1, 0.15) is 11.6 Å². The van der Waals surface area contributed by atoms with Crippen LogP contribution < -0.4 is 5.32 Å². The first-order valence-electron chi connectivity index (χ1n) is 16.6. The zero-order valence-corrected chi connectivity index (χ0v) is 30.4. The summed E-state index contributed by atoms with van der Waals surface area (Å²) in [5.41, 5.74) is 0.659. The molecule has 0 aliphatic rings. The molecule has 0 radical (unpaired) electrons. The number of nitrogens with zero attached hydrogens (tertiary/aromatic N) is 2. The van der Waals surface area contributed by atoms with Crippen LogP contribution in [-0.4, -0.2) is 60.3 Å². The maximum Gasteiger partial charge on any atom is 0.407 e. The van der Waals surface area contributed by atoms with Crippen molar-refractivity contribution >= 4 is 26.0 Å². The van der Waals surface area contributed by atoms with Gasteiger partial charge in [-0.3, -0.25) is 9.59 Å². The Morgan fingerprint density at radius 3 is 2.27 bits per heavy atom. The van der Waals surface area contributed by atoms with Crippen LogP contribution in [0.25, 0.3) is 11.1 Å². The SMILES string of the molecule is CC(C)(C)C(C)(c1cc(-c2cc(F)ccc2F)cn1Cc1ccccc1)N(CCCNC(=O)OCC[Si](C)(C)C)C(=O)CCCC(=O)O. The van der Waals surface area contributed by atoms with Crippen molar-refractivity contribution in [2.75, 3.05) is 19.7 Å². The summed E-state index contributed by atoms with van der Waals surface area (Å²) in [5.74, 6) is -2.36. The maximum absolute atomic E-state index is 15.1. The number of nitrogens with one attached hydrogen (secondary N) is 1. The van der Waals surface area contributed by atoms with Gasteiger partial charge in [0.05, 0.1) is 12.1 Å². The smallest absolute Gasteiger partial charge is 0.407 e. The molecular formula is C37H51F2N3O5Si. The molecule has 2 N–H and O–H groups in total. The fourth-order valence-electron chi connectivity index (χ4n) is 5.68. The van der Waals surface area contributed by atoms with E-state index in [9.17, 15) is 23.9 Å². The molecule has 0 spiro atoms. The number of hydrogen-bond donors (Lipinski definition) is 2. The fourth-order valence-corrected chi connectivity index (χ4v) is 6.40. The molecule has 0 saturated carbocycles.